The second-order valence-corrected chi connectivity index (χ2v) is 9.85. The van der Waals surface area contributed by atoms with Crippen molar-refractivity contribution >= 4 is 42.4 Å². The van der Waals surface area contributed by atoms with Crippen LogP contribution < -0.4 is 4.90 Å². The number of thiazole rings is 1. The molecular weight excluding hydrogens is 425 g/mol. The summed E-state index contributed by atoms with van der Waals surface area (Å²) in [5.41, 5.74) is 0.693. The molecule has 1 heterocycles. The van der Waals surface area contributed by atoms with Crippen molar-refractivity contribution in [2.24, 2.45) is 0 Å². The Hall–Kier alpha value is -2.36. The van der Waals surface area contributed by atoms with Crippen molar-refractivity contribution in [1.82, 2.24) is 9.88 Å². The van der Waals surface area contributed by atoms with Crippen LogP contribution in [-0.2, 0) is 9.84 Å². The van der Waals surface area contributed by atoms with Crippen molar-refractivity contribution < 1.29 is 17.6 Å². The monoisotopic (exact) mass is 449 g/mol. The number of carbonyl (C=O) groups is 1. The summed E-state index contributed by atoms with van der Waals surface area (Å²) in [5, 5.41) is 0.413. The molecule has 0 saturated heterocycles. The van der Waals surface area contributed by atoms with Crippen LogP contribution in [0, 0.1) is 5.82 Å². The summed E-state index contributed by atoms with van der Waals surface area (Å²) in [4.78, 5) is 21.6. The molecular formula is C21H24FN3O3S2. The van der Waals surface area contributed by atoms with E-state index in [4.69, 9.17) is 0 Å². The Morgan fingerprint density at radius 3 is 2.47 bits per heavy atom. The lowest BCUT2D eigenvalue weighted by Crippen LogP contribution is -2.39. The number of carbonyl (C=O) groups excluding carboxylic acids is 1. The minimum atomic E-state index is -3.59. The van der Waals surface area contributed by atoms with E-state index in [0.717, 1.165) is 19.3 Å². The number of nitrogens with zero attached hydrogens (tertiary/aromatic N) is 3. The molecule has 9 heteroatoms. The number of amides is 1. The normalized spacial score (nSPS) is 11.9. The van der Waals surface area contributed by atoms with E-state index in [9.17, 15) is 17.6 Å². The van der Waals surface area contributed by atoms with Crippen molar-refractivity contribution in [2.45, 2.75) is 18.7 Å². The number of aromatic nitrogens is 1. The van der Waals surface area contributed by atoms with E-state index >= 15 is 0 Å². The minimum Gasteiger partial charge on any atom is -0.302 e. The Morgan fingerprint density at radius 1 is 1.10 bits per heavy atom. The number of hydrogen-bond donors (Lipinski definition) is 0. The summed E-state index contributed by atoms with van der Waals surface area (Å²) in [6, 6.07) is 10.4. The van der Waals surface area contributed by atoms with Crippen LogP contribution in [0.3, 0.4) is 0 Å². The first kappa shape index (κ1) is 22.3. The molecule has 6 nitrogen and oxygen atoms in total. The molecule has 0 aliphatic carbocycles. The summed E-state index contributed by atoms with van der Waals surface area (Å²) < 4.78 is 38.7. The molecule has 0 unspecified atom stereocenters. The quantitative estimate of drug-likeness (QED) is 0.523. The van der Waals surface area contributed by atoms with Gasteiger partial charge in [0, 0.05) is 19.3 Å². The Bertz CT molecular complexity index is 1160. The third kappa shape index (κ3) is 4.85. The number of benzene rings is 2. The zero-order valence-corrected chi connectivity index (χ0v) is 18.8. The second kappa shape index (κ2) is 9.20. The van der Waals surface area contributed by atoms with E-state index in [-0.39, 0.29) is 16.3 Å². The first-order valence-corrected chi connectivity index (χ1v) is 12.3. The van der Waals surface area contributed by atoms with Crippen molar-refractivity contribution in [3.63, 3.8) is 0 Å². The highest BCUT2D eigenvalue weighted by atomic mass is 32.2. The second-order valence-electron chi connectivity index (χ2n) is 6.86. The van der Waals surface area contributed by atoms with Crippen molar-refractivity contribution in [3.05, 3.63) is 53.8 Å². The van der Waals surface area contributed by atoms with Gasteiger partial charge in [0.1, 0.15) is 5.82 Å². The predicted molar refractivity (Wildman–Crippen MR) is 119 cm³/mol. The zero-order valence-electron chi connectivity index (χ0n) is 17.1. The lowest BCUT2D eigenvalue weighted by Gasteiger charge is -2.25. The molecule has 3 rings (SSSR count). The van der Waals surface area contributed by atoms with Crippen LogP contribution in [0.4, 0.5) is 9.52 Å². The van der Waals surface area contributed by atoms with E-state index in [2.05, 4.69) is 9.88 Å². The third-order valence-corrected chi connectivity index (χ3v) is 7.06. The largest absolute Gasteiger partial charge is 0.302 e. The van der Waals surface area contributed by atoms with Gasteiger partial charge < -0.3 is 4.90 Å². The summed E-state index contributed by atoms with van der Waals surface area (Å²) in [6.07, 6.45) is 1.08. The minimum absolute atomic E-state index is 0.0185. The fourth-order valence-corrected chi connectivity index (χ4v) is 5.07. The fraction of sp³-hybridized carbons (Fsp3) is 0.333. The molecule has 0 spiro atoms. The summed E-state index contributed by atoms with van der Waals surface area (Å²) in [5.74, 6) is -0.816. The molecule has 30 heavy (non-hydrogen) atoms. The van der Waals surface area contributed by atoms with Gasteiger partial charge in [-0.1, -0.05) is 37.3 Å². The average Bonchev–Trinajstić information content (AvgIpc) is 3.13. The third-order valence-electron chi connectivity index (χ3n) is 4.87. The molecule has 0 aliphatic rings. The number of likely N-dealkylation sites (N-methyl/N-ethyl adjacent to an activating group) is 1. The standard InChI is InChI=1S/C21H24FN3O3S2/c1-4-24(5-2)12-13-25(21-23-17-11-10-15(22)14-18(17)29-21)20(26)16-8-6-7-9-19(16)30(3,27)28/h6-11,14H,4-5,12-13H2,1-3H3. The van der Waals surface area contributed by atoms with Gasteiger partial charge in [-0.3, -0.25) is 9.69 Å². The molecule has 1 aromatic heterocycles. The van der Waals surface area contributed by atoms with Gasteiger partial charge in [-0.15, -0.1) is 0 Å². The number of anilines is 1. The van der Waals surface area contributed by atoms with Gasteiger partial charge in [0.15, 0.2) is 15.0 Å². The van der Waals surface area contributed by atoms with Gasteiger partial charge in [-0.25, -0.2) is 17.8 Å². The molecule has 3 aromatic rings. The van der Waals surface area contributed by atoms with Crippen LogP contribution in [0.15, 0.2) is 47.4 Å². The highest BCUT2D eigenvalue weighted by molar-refractivity contribution is 7.90. The molecule has 0 aliphatic heterocycles. The van der Waals surface area contributed by atoms with Crippen LogP contribution in [0.1, 0.15) is 24.2 Å². The van der Waals surface area contributed by atoms with E-state index in [1.54, 1.807) is 18.2 Å². The van der Waals surface area contributed by atoms with Crippen LogP contribution in [0.5, 0.6) is 0 Å². The Balaban J connectivity index is 2.06. The van der Waals surface area contributed by atoms with E-state index in [0.29, 0.717) is 28.4 Å². The van der Waals surface area contributed by atoms with Gasteiger partial charge in [0.05, 0.1) is 20.7 Å². The maximum Gasteiger partial charge on any atom is 0.261 e. The maximum atomic E-state index is 13.6. The van der Waals surface area contributed by atoms with Crippen LogP contribution >= 0.6 is 11.3 Å². The number of hydrogen-bond acceptors (Lipinski definition) is 6. The van der Waals surface area contributed by atoms with E-state index in [1.807, 2.05) is 13.8 Å². The average molecular weight is 450 g/mol. The predicted octanol–water partition coefficient (Wildman–Crippen LogP) is 3.83. The van der Waals surface area contributed by atoms with Gasteiger partial charge in [-0.2, -0.15) is 0 Å². The molecule has 0 bridgehead atoms. The first-order chi connectivity index (χ1) is 14.2. The highest BCUT2D eigenvalue weighted by Gasteiger charge is 2.26. The number of halogens is 1. The van der Waals surface area contributed by atoms with Gasteiger partial charge in [0.2, 0.25) is 0 Å². The zero-order chi connectivity index (χ0) is 21.9. The molecule has 0 saturated carbocycles. The number of sulfone groups is 1. The Kier molecular flexibility index (Phi) is 6.84. The molecule has 0 atom stereocenters. The molecule has 2 aromatic carbocycles. The number of rotatable bonds is 8. The SMILES string of the molecule is CCN(CC)CCN(C(=O)c1ccccc1S(C)(=O)=O)c1nc2ccc(F)cc2s1. The van der Waals surface area contributed by atoms with Gasteiger partial charge >= 0.3 is 0 Å². The Morgan fingerprint density at radius 2 is 1.80 bits per heavy atom. The van der Waals surface area contributed by atoms with Gasteiger partial charge in [0.25, 0.3) is 5.91 Å². The van der Waals surface area contributed by atoms with Crippen LogP contribution in [-0.4, -0.2) is 56.6 Å². The topological polar surface area (TPSA) is 70.6 Å². The molecule has 0 radical (unpaired) electrons. The highest BCUT2D eigenvalue weighted by Crippen LogP contribution is 2.31. The van der Waals surface area contributed by atoms with E-state index < -0.39 is 15.7 Å². The van der Waals surface area contributed by atoms with Crippen LogP contribution in [0.2, 0.25) is 0 Å². The lowest BCUT2D eigenvalue weighted by molar-refractivity contribution is 0.0980. The first-order valence-electron chi connectivity index (χ1n) is 9.64. The lowest BCUT2D eigenvalue weighted by atomic mass is 10.2. The molecule has 0 N–H and O–H groups in total. The molecule has 1 amide bonds. The van der Waals surface area contributed by atoms with Crippen molar-refractivity contribution in [2.75, 3.05) is 37.3 Å². The molecule has 160 valence electrons. The molecule has 0 fully saturated rings. The maximum absolute atomic E-state index is 13.6. The fourth-order valence-electron chi connectivity index (χ4n) is 3.18. The van der Waals surface area contributed by atoms with Crippen molar-refractivity contribution in [3.8, 4) is 0 Å². The summed E-state index contributed by atoms with van der Waals surface area (Å²) >= 11 is 1.21. The number of fused-ring (bicyclic) bond motifs is 1. The van der Waals surface area contributed by atoms with Gasteiger partial charge in [-0.05, 0) is 43.4 Å². The van der Waals surface area contributed by atoms with E-state index in [1.165, 1.54) is 40.5 Å². The summed E-state index contributed by atoms with van der Waals surface area (Å²) in [7, 11) is -3.59. The summed E-state index contributed by atoms with van der Waals surface area (Å²) in [6.45, 7) is 6.65. The Labute approximate surface area is 179 Å². The smallest absolute Gasteiger partial charge is 0.261 e. The van der Waals surface area contributed by atoms with Crippen molar-refractivity contribution in [1.29, 1.82) is 0 Å². The van der Waals surface area contributed by atoms with Crippen LogP contribution in [0.25, 0.3) is 10.2 Å².